The van der Waals surface area contributed by atoms with Gasteiger partial charge in [-0.2, -0.15) is 0 Å². The molecule has 20 heavy (non-hydrogen) atoms. The van der Waals surface area contributed by atoms with Crippen LogP contribution in [0.3, 0.4) is 0 Å². The number of aryl methyl sites for hydroxylation is 1. The fraction of sp³-hybridized carbons (Fsp3) is 0.375. The third-order valence-electron chi connectivity index (χ3n) is 3.60. The largest absolute Gasteiger partial charge is 0.325 e. The van der Waals surface area contributed by atoms with Gasteiger partial charge in [-0.1, -0.05) is 31.5 Å². The van der Waals surface area contributed by atoms with Gasteiger partial charge in [-0.3, -0.25) is 0 Å². The second kappa shape index (κ2) is 6.01. The van der Waals surface area contributed by atoms with E-state index in [9.17, 15) is 0 Å². The second-order valence-electron chi connectivity index (χ2n) is 5.07. The molecule has 0 fully saturated rings. The number of hydrogen-bond acceptors (Lipinski definition) is 4. The van der Waals surface area contributed by atoms with Crippen molar-refractivity contribution in [1.82, 2.24) is 15.3 Å². The Bertz CT molecular complexity index is 582. The smallest absolute Gasteiger partial charge is 0.136 e. The molecule has 2 aromatic rings. The van der Waals surface area contributed by atoms with Gasteiger partial charge in [-0.25, -0.2) is 9.97 Å². The van der Waals surface area contributed by atoms with Crippen LogP contribution in [0.2, 0.25) is 0 Å². The van der Waals surface area contributed by atoms with Gasteiger partial charge in [0.15, 0.2) is 0 Å². The topological polar surface area (TPSA) is 41.0 Å². The number of rotatable bonds is 3. The molecular weight excluding hydrogens is 248 g/mol. The molecule has 1 aromatic carbocycles. The van der Waals surface area contributed by atoms with Gasteiger partial charge in [0.25, 0.3) is 0 Å². The molecule has 0 saturated heterocycles. The summed E-state index contributed by atoms with van der Waals surface area (Å²) >= 11 is 0. The minimum atomic E-state index is 0.916. The molecule has 104 valence electrons. The van der Waals surface area contributed by atoms with Crippen LogP contribution >= 0.6 is 0 Å². The average molecular weight is 268 g/mol. The molecule has 1 aliphatic rings. The monoisotopic (exact) mass is 268 g/mol. The Labute approximate surface area is 119 Å². The normalized spacial score (nSPS) is 14.8. The summed E-state index contributed by atoms with van der Waals surface area (Å²) in [5.41, 5.74) is 3.69. The lowest BCUT2D eigenvalue weighted by atomic mass is 10.1. The van der Waals surface area contributed by atoms with Crippen molar-refractivity contribution in [2.75, 3.05) is 18.0 Å². The van der Waals surface area contributed by atoms with Crippen LogP contribution in [-0.2, 0) is 13.0 Å². The van der Waals surface area contributed by atoms with Gasteiger partial charge in [-0.15, -0.1) is 0 Å². The van der Waals surface area contributed by atoms with Crippen LogP contribution in [0.25, 0.3) is 0 Å². The third kappa shape index (κ3) is 2.65. The van der Waals surface area contributed by atoms with Crippen LogP contribution in [0.4, 0.5) is 11.5 Å². The van der Waals surface area contributed by atoms with Crippen LogP contribution in [0.15, 0.2) is 36.7 Å². The van der Waals surface area contributed by atoms with E-state index in [1.807, 2.05) is 0 Å². The highest BCUT2D eigenvalue weighted by Crippen LogP contribution is 2.28. The average Bonchev–Trinajstić information content (AvgIpc) is 2.70. The fourth-order valence-electron chi connectivity index (χ4n) is 2.62. The highest BCUT2D eigenvalue weighted by Gasteiger charge is 2.17. The zero-order chi connectivity index (χ0) is 13.8. The molecule has 0 spiro atoms. The van der Waals surface area contributed by atoms with Crippen molar-refractivity contribution < 1.29 is 0 Å². The highest BCUT2D eigenvalue weighted by molar-refractivity contribution is 5.64. The molecule has 2 heterocycles. The third-order valence-corrected chi connectivity index (χ3v) is 3.60. The first-order valence-corrected chi connectivity index (χ1v) is 7.25. The molecule has 1 N–H and O–H groups in total. The molecule has 0 saturated carbocycles. The molecule has 0 atom stereocenters. The zero-order valence-corrected chi connectivity index (χ0v) is 11.8. The maximum Gasteiger partial charge on any atom is 0.136 e. The van der Waals surface area contributed by atoms with E-state index in [0.29, 0.717) is 0 Å². The van der Waals surface area contributed by atoms with Crippen molar-refractivity contribution in [2.45, 2.75) is 26.3 Å². The molecule has 1 aromatic heterocycles. The second-order valence-corrected chi connectivity index (χ2v) is 5.07. The number of fused-ring (bicyclic) bond motifs is 1. The number of anilines is 2. The summed E-state index contributed by atoms with van der Waals surface area (Å²) < 4.78 is 0. The van der Waals surface area contributed by atoms with Crippen LogP contribution < -0.4 is 10.2 Å². The minimum absolute atomic E-state index is 0.916. The predicted molar refractivity (Wildman–Crippen MR) is 81.2 cm³/mol. The van der Waals surface area contributed by atoms with E-state index in [1.165, 1.54) is 11.3 Å². The Morgan fingerprint density at radius 2 is 2.15 bits per heavy atom. The van der Waals surface area contributed by atoms with Gasteiger partial charge in [0.05, 0.1) is 0 Å². The number of hydrogen-bond donors (Lipinski definition) is 1. The molecule has 0 unspecified atom stereocenters. The van der Waals surface area contributed by atoms with Crippen LogP contribution in [0.5, 0.6) is 0 Å². The van der Waals surface area contributed by atoms with E-state index >= 15 is 0 Å². The molecule has 0 aliphatic carbocycles. The first-order chi connectivity index (χ1) is 9.88. The molecule has 0 radical (unpaired) electrons. The number of nitrogens with zero attached hydrogens (tertiary/aromatic N) is 3. The van der Waals surface area contributed by atoms with E-state index in [4.69, 9.17) is 0 Å². The fourth-order valence-corrected chi connectivity index (χ4v) is 2.62. The molecule has 0 amide bonds. The van der Waals surface area contributed by atoms with E-state index < -0.39 is 0 Å². The van der Waals surface area contributed by atoms with E-state index in [0.717, 1.165) is 44.0 Å². The number of aromatic nitrogens is 2. The summed E-state index contributed by atoms with van der Waals surface area (Å²) in [5.74, 6) is 1.000. The van der Waals surface area contributed by atoms with Crippen molar-refractivity contribution in [3.05, 3.63) is 47.9 Å². The first-order valence-electron chi connectivity index (χ1n) is 7.25. The van der Waals surface area contributed by atoms with Gasteiger partial charge in [0.1, 0.15) is 12.1 Å². The highest BCUT2D eigenvalue weighted by atomic mass is 15.2. The predicted octanol–water partition coefficient (Wildman–Crippen LogP) is 2.67. The maximum absolute atomic E-state index is 4.47. The lowest BCUT2D eigenvalue weighted by molar-refractivity contribution is 0.710. The van der Waals surface area contributed by atoms with Gasteiger partial charge in [-0.05, 0) is 18.1 Å². The lowest BCUT2D eigenvalue weighted by Crippen LogP contribution is -2.25. The van der Waals surface area contributed by atoms with Gasteiger partial charge < -0.3 is 10.2 Å². The summed E-state index contributed by atoms with van der Waals surface area (Å²) in [6.45, 7) is 4.98. The van der Waals surface area contributed by atoms with E-state index in [1.54, 1.807) is 6.33 Å². The van der Waals surface area contributed by atoms with Crippen molar-refractivity contribution in [2.24, 2.45) is 0 Å². The van der Waals surface area contributed by atoms with Crippen LogP contribution in [0, 0.1) is 0 Å². The van der Waals surface area contributed by atoms with E-state index in [2.05, 4.69) is 57.4 Å². The van der Waals surface area contributed by atoms with Crippen LogP contribution in [-0.4, -0.2) is 23.1 Å². The van der Waals surface area contributed by atoms with Gasteiger partial charge in [0, 0.05) is 37.1 Å². The van der Waals surface area contributed by atoms with Crippen LogP contribution in [0.1, 0.15) is 24.6 Å². The lowest BCUT2D eigenvalue weighted by Gasteiger charge is -2.23. The van der Waals surface area contributed by atoms with Gasteiger partial charge in [0.2, 0.25) is 0 Å². The maximum atomic E-state index is 4.47. The van der Waals surface area contributed by atoms with Crippen molar-refractivity contribution in [3.63, 3.8) is 0 Å². The Hall–Kier alpha value is -1.94. The van der Waals surface area contributed by atoms with Crippen molar-refractivity contribution >= 4 is 11.5 Å². The first kappa shape index (κ1) is 13.1. The standard InChI is InChI=1S/C16H20N4/c1-2-5-14-10-16(19-12-18-14)20-9-8-17-11-13-6-3-4-7-15(13)20/h3-4,6-7,10,12,17H,2,5,8-9,11H2,1H3. The SMILES string of the molecule is CCCc1cc(N2CCNCc3ccccc32)ncn1. The van der Waals surface area contributed by atoms with Crippen molar-refractivity contribution in [3.8, 4) is 0 Å². The minimum Gasteiger partial charge on any atom is -0.325 e. The number of benzene rings is 1. The quantitative estimate of drug-likeness (QED) is 0.929. The summed E-state index contributed by atoms with van der Waals surface area (Å²) in [6.07, 6.45) is 3.79. The summed E-state index contributed by atoms with van der Waals surface area (Å²) in [6, 6.07) is 10.6. The molecule has 0 bridgehead atoms. The number of nitrogens with one attached hydrogen (secondary N) is 1. The Morgan fingerprint density at radius 1 is 1.25 bits per heavy atom. The molecule has 1 aliphatic heterocycles. The van der Waals surface area contributed by atoms with Crippen molar-refractivity contribution in [1.29, 1.82) is 0 Å². The van der Waals surface area contributed by atoms with E-state index in [-0.39, 0.29) is 0 Å². The Balaban J connectivity index is 1.98. The molecular formula is C16H20N4. The Kier molecular flexibility index (Phi) is 3.92. The molecule has 4 heteroatoms. The number of para-hydroxylation sites is 1. The zero-order valence-electron chi connectivity index (χ0n) is 11.8. The van der Waals surface area contributed by atoms with Gasteiger partial charge >= 0.3 is 0 Å². The molecule has 4 nitrogen and oxygen atoms in total. The summed E-state index contributed by atoms with van der Waals surface area (Å²) in [7, 11) is 0. The summed E-state index contributed by atoms with van der Waals surface area (Å²) in [4.78, 5) is 11.1. The Morgan fingerprint density at radius 3 is 3.05 bits per heavy atom. The summed E-state index contributed by atoms with van der Waals surface area (Å²) in [5, 5.41) is 3.46. The molecule has 3 rings (SSSR count).